The van der Waals surface area contributed by atoms with Crippen LogP contribution in [0.15, 0.2) is 18.2 Å². The molecule has 136 valence electrons. The summed E-state index contributed by atoms with van der Waals surface area (Å²) in [6, 6.07) is 4.24. The molecule has 5 nitrogen and oxygen atoms in total. The Hall–Kier alpha value is -2.09. The molecule has 1 aliphatic heterocycles. The molecule has 1 saturated heterocycles. The van der Waals surface area contributed by atoms with Crippen molar-refractivity contribution in [2.75, 3.05) is 19.6 Å². The largest absolute Gasteiger partial charge is 0.449 e. The first-order valence-corrected chi connectivity index (χ1v) is 8.31. The van der Waals surface area contributed by atoms with E-state index in [1.54, 1.807) is 30.9 Å². The van der Waals surface area contributed by atoms with Crippen LogP contribution in [0.1, 0.15) is 43.0 Å². The molecule has 8 heteroatoms. The summed E-state index contributed by atoms with van der Waals surface area (Å²) in [6.07, 6.45) is -4.54. The maximum Gasteiger partial charge on any atom is 0.449 e. The zero-order valence-electron chi connectivity index (χ0n) is 14.4. The van der Waals surface area contributed by atoms with Crippen molar-refractivity contribution in [2.24, 2.45) is 0 Å². The molecule has 0 radical (unpaired) electrons. The maximum atomic E-state index is 13.3. The van der Waals surface area contributed by atoms with Gasteiger partial charge in [-0.2, -0.15) is 13.2 Å². The number of rotatable bonds is 2. The van der Waals surface area contributed by atoms with Crippen LogP contribution in [0.5, 0.6) is 0 Å². The Morgan fingerprint density at radius 3 is 2.68 bits per heavy atom. The highest BCUT2D eigenvalue weighted by Crippen LogP contribution is 2.34. The summed E-state index contributed by atoms with van der Waals surface area (Å²) in [7, 11) is 0. The topological polar surface area (TPSA) is 50.2 Å². The van der Waals surface area contributed by atoms with E-state index in [1.807, 2.05) is 6.92 Å². The van der Waals surface area contributed by atoms with E-state index in [0.29, 0.717) is 30.7 Å². The van der Waals surface area contributed by atoms with Gasteiger partial charge in [-0.25, -0.2) is 4.98 Å². The fourth-order valence-corrected chi connectivity index (χ4v) is 3.26. The molecule has 0 aliphatic carbocycles. The summed E-state index contributed by atoms with van der Waals surface area (Å²) in [5.74, 6) is -1.11. The number of hydrogen-bond donors (Lipinski definition) is 1. The normalized spacial score (nSPS) is 19.0. The van der Waals surface area contributed by atoms with Crippen molar-refractivity contribution in [3.05, 3.63) is 29.6 Å². The number of halogens is 3. The lowest BCUT2D eigenvalue weighted by molar-refractivity contribution is -0.147. The fourth-order valence-electron chi connectivity index (χ4n) is 3.26. The SMILES string of the molecule is CC(C)n1c(C(F)(F)F)nc2cc(C(=O)N3CCNC[C@H]3C)ccc21. The second-order valence-electron chi connectivity index (χ2n) is 6.65. The molecule has 2 heterocycles. The number of fused-ring (bicyclic) bond motifs is 1. The number of nitrogens with zero attached hydrogens (tertiary/aromatic N) is 3. The minimum absolute atomic E-state index is 0.0379. The van der Waals surface area contributed by atoms with Crippen molar-refractivity contribution in [1.29, 1.82) is 0 Å². The lowest BCUT2D eigenvalue weighted by atomic mass is 10.1. The quantitative estimate of drug-likeness (QED) is 0.902. The number of carbonyl (C=O) groups is 1. The second kappa shape index (κ2) is 6.33. The zero-order valence-corrected chi connectivity index (χ0v) is 14.4. The number of imidazole rings is 1. The van der Waals surface area contributed by atoms with E-state index >= 15 is 0 Å². The van der Waals surface area contributed by atoms with E-state index in [4.69, 9.17) is 0 Å². The van der Waals surface area contributed by atoms with E-state index in [9.17, 15) is 18.0 Å². The number of carbonyl (C=O) groups excluding carboxylic acids is 1. The van der Waals surface area contributed by atoms with E-state index < -0.39 is 18.0 Å². The van der Waals surface area contributed by atoms with Crippen molar-refractivity contribution < 1.29 is 18.0 Å². The summed E-state index contributed by atoms with van der Waals surface area (Å²) in [6.45, 7) is 7.28. The molecule has 1 aromatic heterocycles. The predicted octanol–water partition coefficient (Wildman–Crippen LogP) is 3.07. The Kier molecular flexibility index (Phi) is 4.49. The Bertz CT molecular complexity index is 797. The minimum Gasteiger partial charge on any atom is -0.333 e. The van der Waals surface area contributed by atoms with Gasteiger partial charge in [-0.15, -0.1) is 0 Å². The van der Waals surface area contributed by atoms with Gasteiger partial charge in [0, 0.05) is 37.3 Å². The Balaban J connectivity index is 2.04. The Morgan fingerprint density at radius 1 is 1.36 bits per heavy atom. The molecule has 1 amide bonds. The standard InChI is InChI=1S/C17H21F3N4O/c1-10(2)24-14-5-4-12(8-13(14)22-16(24)17(18,19)20)15(25)23-7-6-21-9-11(23)3/h4-5,8,10-11,21H,6-7,9H2,1-3H3/t11-/m1/s1. The molecule has 1 N–H and O–H groups in total. The van der Waals surface area contributed by atoms with E-state index in [2.05, 4.69) is 10.3 Å². The molecule has 0 saturated carbocycles. The van der Waals surface area contributed by atoms with Crippen LogP contribution in [0, 0.1) is 0 Å². The molecule has 0 spiro atoms. The van der Waals surface area contributed by atoms with Gasteiger partial charge in [0.25, 0.3) is 5.91 Å². The van der Waals surface area contributed by atoms with Gasteiger partial charge >= 0.3 is 6.18 Å². The van der Waals surface area contributed by atoms with Crippen LogP contribution in [0.2, 0.25) is 0 Å². The van der Waals surface area contributed by atoms with Crippen molar-refractivity contribution in [3.63, 3.8) is 0 Å². The van der Waals surface area contributed by atoms with Gasteiger partial charge in [0.2, 0.25) is 5.82 Å². The first-order chi connectivity index (χ1) is 11.7. The maximum absolute atomic E-state index is 13.3. The van der Waals surface area contributed by atoms with Gasteiger partial charge < -0.3 is 14.8 Å². The van der Waals surface area contributed by atoms with Crippen molar-refractivity contribution in [2.45, 2.75) is 39.0 Å². The number of hydrogen-bond acceptors (Lipinski definition) is 3. The second-order valence-corrected chi connectivity index (χ2v) is 6.65. The van der Waals surface area contributed by atoms with Crippen molar-refractivity contribution >= 4 is 16.9 Å². The lowest BCUT2D eigenvalue weighted by Gasteiger charge is -2.34. The van der Waals surface area contributed by atoms with Gasteiger partial charge in [-0.3, -0.25) is 4.79 Å². The minimum atomic E-state index is -4.54. The molecule has 1 aromatic carbocycles. The lowest BCUT2D eigenvalue weighted by Crippen LogP contribution is -2.52. The van der Waals surface area contributed by atoms with E-state index in [1.165, 1.54) is 6.07 Å². The van der Waals surface area contributed by atoms with Gasteiger partial charge in [0.15, 0.2) is 0 Å². The van der Waals surface area contributed by atoms with Crippen LogP contribution < -0.4 is 5.32 Å². The molecule has 1 aliphatic rings. The van der Waals surface area contributed by atoms with Crippen LogP contribution >= 0.6 is 0 Å². The van der Waals surface area contributed by atoms with E-state index in [-0.39, 0.29) is 17.5 Å². The van der Waals surface area contributed by atoms with Crippen LogP contribution in [-0.4, -0.2) is 46.0 Å². The third-order valence-corrected chi connectivity index (χ3v) is 4.47. The fraction of sp³-hybridized carbons (Fsp3) is 0.529. The summed E-state index contributed by atoms with van der Waals surface area (Å²) < 4.78 is 41.0. The summed E-state index contributed by atoms with van der Waals surface area (Å²) in [5, 5.41) is 3.21. The summed E-state index contributed by atoms with van der Waals surface area (Å²) >= 11 is 0. The molecular weight excluding hydrogens is 333 g/mol. The monoisotopic (exact) mass is 354 g/mol. The third kappa shape index (κ3) is 3.22. The van der Waals surface area contributed by atoms with Crippen molar-refractivity contribution in [3.8, 4) is 0 Å². The molecular formula is C17H21F3N4O. The Labute approximate surface area is 143 Å². The summed E-state index contributed by atoms with van der Waals surface area (Å²) in [5.41, 5.74) is 0.935. The number of amides is 1. The molecule has 1 atom stereocenters. The van der Waals surface area contributed by atoms with Crippen LogP contribution in [-0.2, 0) is 6.18 Å². The van der Waals surface area contributed by atoms with Crippen LogP contribution in [0.4, 0.5) is 13.2 Å². The average Bonchev–Trinajstić information content (AvgIpc) is 2.93. The third-order valence-electron chi connectivity index (χ3n) is 4.47. The molecule has 2 aromatic rings. The predicted molar refractivity (Wildman–Crippen MR) is 88.5 cm³/mol. The van der Waals surface area contributed by atoms with Crippen molar-refractivity contribution in [1.82, 2.24) is 19.8 Å². The number of alkyl halides is 3. The smallest absolute Gasteiger partial charge is 0.333 e. The molecule has 0 unspecified atom stereocenters. The average molecular weight is 354 g/mol. The zero-order chi connectivity index (χ0) is 18.4. The van der Waals surface area contributed by atoms with Gasteiger partial charge in [0.1, 0.15) is 0 Å². The molecule has 0 bridgehead atoms. The molecule has 3 rings (SSSR count). The number of benzene rings is 1. The van der Waals surface area contributed by atoms with Gasteiger partial charge in [-0.1, -0.05) is 0 Å². The number of nitrogens with one attached hydrogen (secondary N) is 1. The van der Waals surface area contributed by atoms with Gasteiger partial charge in [-0.05, 0) is 39.0 Å². The summed E-state index contributed by atoms with van der Waals surface area (Å²) in [4.78, 5) is 18.2. The first kappa shape index (κ1) is 17.7. The molecule has 1 fully saturated rings. The van der Waals surface area contributed by atoms with Crippen LogP contribution in [0.25, 0.3) is 11.0 Å². The number of piperazine rings is 1. The molecule has 25 heavy (non-hydrogen) atoms. The Morgan fingerprint density at radius 2 is 2.08 bits per heavy atom. The highest BCUT2D eigenvalue weighted by Gasteiger charge is 2.38. The van der Waals surface area contributed by atoms with E-state index in [0.717, 1.165) is 4.57 Å². The van der Waals surface area contributed by atoms with Crippen LogP contribution in [0.3, 0.4) is 0 Å². The first-order valence-electron chi connectivity index (χ1n) is 8.31. The number of aromatic nitrogens is 2. The van der Waals surface area contributed by atoms with Gasteiger partial charge in [0.05, 0.1) is 11.0 Å². The highest BCUT2D eigenvalue weighted by molar-refractivity contribution is 5.97. The highest BCUT2D eigenvalue weighted by atomic mass is 19.4.